The van der Waals surface area contributed by atoms with E-state index in [1.54, 1.807) is 0 Å². The van der Waals surface area contributed by atoms with Crippen LogP contribution in [0, 0.1) is 0 Å². The van der Waals surface area contributed by atoms with Gasteiger partial charge in [0.05, 0.1) is 18.1 Å². The van der Waals surface area contributed by atoms with Crippen molar-refractivity contribution in [3.8, 4) is 0 Å². The summed E-state index contributed by atoms with van der Waals surface area (Å²) >= 11 is 0. The topological polar surface area (TPSA) is 94.8 Å². The summed E-state index contributed by atoms with van der Waals surface area (Å²) in [6, 6.07) is 4.02. The molecule has 0 atom stereocenters. The third-order valence-corrected chi connectivity index (χ3v) is 2.77. The molecule has 0 aliphatic carbocycles. The van der Waals surface area contributed by atoms with Gasteiger partial charge in [0.2, 0.25) is 0 Å². The Bertz CT molecular complexity index is 423. The highest BCUT2D eigenvalue weighted by atomic mass is 32.2. The van der Waals surface area contributed by atoms with Gasteiger partial charge in [0.15, 0.2) is 0 Å². The minimum atomic E-state index is -4.35. The number of aliphatic hydroxyl groups excluding tert-OH is 2. The molecule has 3 N–H and O–H groups in total. The molecule has 0 spiro atoms. The molecule has 78 valence electrons. The highest BCUT2D eigenvalue weighted by Crippen LogP contribution is 2.19. The summed E-state index contributed by atoms with van der Waals surface area (Å²) in [7, 11) is -4.35. The minimum absolute atomic E-state index is 0.0255. The second kappa shape index (κ2) is 4.05. The molecule has 0 bridgehead atoms. The van der Waals surface area contributed by atoms with Crippen LogP contribution in [-0.4, -0.2) is 23.2 Å². The third-order valence-electron chi connectivity index (χ3n) is 1.84. The van der Waals surface area contributed by atoms with Crippen LogP contribution in [-0.2, 0) is 23.3 Å². The van der Waals surface area contributed by atoms with Crippen molar-refractivity contribution < 1.29 is 23.2 Å². The zero-order valence-electron chi connectivity index (χ0n) is 7.21. The predicted octanol–water partition coefficient (Wildman–Crippen LogP) is -0.0821. The van der Waals surface area contributed by atoms with E-state index >= 15 is 0 Å². The maximum atomic E-state index is 10.8. The van der Waals surface area contributed by atoms with Crippen molar-refractivity contribution in [1.29, 1.82) is 0 Å². The summed E-state index contributed by atoms with van der Waals surface area (Å²) in [5, 5.41) is 17.8. The molecule has 0 radical (unpaired) electrons. The third kappa shape index (κ3) is 2.10. The van der Waals surface area contributed by atoms with E-state index in [0.29, 0.717) is 0 Å². The van der Waals surface area contributed by atoms with E-state index in [9.17, 15) is 8.42 Å². The molecule has 0 fully saturated rings. The van der Waals surface area contributed by atoms with Crippen molar-refractivity contribution in [2.24, 2.45) is 0 Å². The molecule has 0 saturated carbocycles. The highest BCUT2D eigenvalue weighted by Gasteiger charge is 2.16. The van der Waals surface area contributed by atoms with Crippen LogP contribution in [0.3, 0.4) is 0 Å². The summed E-state index contributed by atoms with van der Waals surface area (Å²) < 4.78 is 30.5. The van der Waals surface area contributed by atoms with E-state index in [2.05, 4.69) is 0 Å². The molecular formula is C8H10O5S. The molecule has 6 heteroatoms. The molecule has 0 aliphatic rings. The van der Waals surface area contributed by atoms with E-state index < -0.39 is 16.7 Å². The first-order valence-corrected chi connectivity index (χ1v) is 5.24. The summed E-state index contributed by atoms with van der Waals surface area (Å²) in [6.07, 6.45) is 0. The van der Waals surface area contributed by atoms with E-state index in [0.717, 1.165) is 0 Å². The van der Waals surface area contributed by atoms with Crippen molar-refractivity contribution >= 4 is 10.1 Å². The first kappa shape index (κ1) is 11.1. The van der Waals surface area contributed by atoms with Gasteiger partial charge in [-0.1, -0.05) is 12.1 Å². The molecule has 1 aromatic rings. The van der Waals surface area contributed by atoms with Crippen LogP contribution >= 0.6 is 0 Å². The standard InChI is InChI=1S/C8H10O5S/c9-4-6-2-1-3-8(7(6)5-10)14(11,12)13/h1-3,9-10H,4-5H2,(H,11,12,13). The zero-order valence-corrected chi connectivity index (χ0v) is 8.03. The lowest BCUT2D eigenvalue weighted by molar-refractivity contribution is 0.257. The van der Waals surface area contributed by atoms with Gasteiger partial charge in [0, 0.05) is 5.56 Å². The SMILES string of the molecule is O=S(=O)(O)c1cccc(CO)c1CO. The van der Waals surface area contributed by atoms with Crippen LogP contribution < -0.4 is 0 Å². The largest absolute Gasteiger partial charge is 0.392 e. The number of rotatable bonds is 3. The van der Waals surface area contributed by atoms with Crippen LogP contribution in [0.5, 0.6) is 0 Å². The maximum Gasteiger partial charge on any atom is 0.294 e. The van der Waals surface area contributed by atoms with Gasteiger partial charge in [-0.3, -0.25) is 4.55 Å². The quantitative estimate of drug-likeness (QED) is 0.617. The van der Waals surface area contributed by atoms with E-state index in [4.69, 9.17) is 14.8 Å². The summed E-state index contributed by atoms with van der Waals surface area (Å²) in [5.74, 6) is 0. The van der Waals surface area contributed by atoms with E-state index in [1.807, 2.05) is 0 Å². The van der Waals surface area contributed by atoms with Crippen LogP contribution in [0.4, 0.5) is 0 Å². The molecule has 0 amide bonds. The molecule has 0 aliphatic heterocycles. The van der Waals surface area contributed by atoms with Crippen LogP contribution in [0.15, 0.2) is 23.1 Å². The van der Waals surface area contributed by atoms with Crippen molar-refractivity contribution in [3.63, 3.8) is 0 Å². The molecular weight excluding hydrogens is 208 g/mol. The smallest absolute Gasteiger partial charge is 0.294 e. The normalized spacial score (nSPS) is 11.6. The molecule has 5 nitrogen and oxygen atoms in total. The Labute approximate surface area is 81.4 Å². The Kier molecular flexibility index (Phi) is 3.22. The van der Waals surface area contributed by atoms with Gasteiger partial charge in [-0.15, -0.1) is 0 Å². The molecule has 0 heterocycles. The zero-order chi connectivity index (χ0) is 10.8. The molecule has 1 aromatic carbocycles. The maximum absolute atomic E-state index is 10.8. The first-order chi connectivity index (χ1) is 6.50. The van der Waals surface area contributed by atoms with Crippen molar-refractivity contribution in [2.75, 3.05) is 0 Å². The Morgan fingerprint density at radius 1 is 1.14 bits per heavy atom. The number of aliphatic hydroxyl groups is 2. The fourth-order valence-electron chi connectivity index (χ4n) is 1.18. The van der Waals surface area contributed by atoms with Crippen LogP contribution in [0.1, 0.15) is 11.1 Å². The number of hydrogen-bond acceptors (Lipinski definition) is 4. The van der Waals surface area contributed by atoms with Gasteiger partial charge >= 0.3 is 0 Å². The molecule has 0 unspecified atom stereocenters. The highest BCUT2D eigenvalue weighted by molar-refractivity contribution is 7.85. The molecule has 1 rings (SSSR count). The number of hydrogen-bond donors (Lipinski definition) is 3. The fraction of sp³-hybridized carbons (Fsp3) is 0.250. The van der Waals surface area contributed by atoms with Gasteiger partial charge in [0.25, 0.3) is 10.1 Å². The van der Waals surface area contributed by atoms with Crippen LogP contribution in [0.2, 0.25) is 0 Å². The Balaban J connectivity index is 3.45. The summed E-state index contributed by atoms with van der Waals surface area (Å²) in [5.41, 5.74) is 0.306. The average molecular weight is 218 g/mol. The average Bonchev–Trinajstić information content (AvgIpc) is 2.15. The van der Waals surface area contributed by atoms with Crippen molar-refractivity contribution in [1.82, 2.24) is 0 Å². The van der Waals surface area contributed by atoms with Crippen molar-refractivity contribution in [3.05, 3.63) is 29.3 Å². The lowest BCUT2D eigenvalue weighted by Crippen LogP contribution is -2.06. The van der Waals surface area contributed by atoms with Crippen LogP contribution in [0.25, 0.3) is 0 Å². The summed E-state index contributed by atoms with van der Waals surface area (Å²) in [6.45, 7) is -0.939. The van der Waals surface area contributed by atoms with Crippen molar-refractivity contribution in [2.45, 2.75) is 18.1 Å². The second-order valence-corrected chi connectivity index (χ2v) is 4.08. The van der Waals surface area contributed by atoms with Gasteiger partial charge in [-0.05, 0) is 11.6 Å². The van der Waals surface area contributed by atoms with Gasteiger partial charge < -0.3 is 10.2 Å². The Morgan fingerprint density at radius 2 is 1.79 bits per heavy atom. The Hall–Kier alpha value is -0.950. The monoisotopic (exact) mass is 218 g/mol. The van der Waals surface area contributed by atoms with Gasteiger partial charge in [-0.25, -0.2) is 0 Å². The lowest BCUT2D eigenvalue weighted by Gasteiger charge is -2.08. The minimum Gasteiger partial charge on any atom is -0.392 e. The van der Waals surface area contributed by atoms with E-state index in [-0.39, 0.29) is 22.6 Å². The predicted molar refractivity (Wildman–Crippen MR) is 48.1 cm³/mol. The number of benzene rings is 1. The second-order valence-electron chi connectivity index (χ2n) is 2.69. The fourth-order valence-corrected chi connectivity index (χ4v) is 1.94. The molecule has 0 aromatic heterocycles. The van der Waals surface area contributed by atoms with Gasteiger partial charge in [0.1, 0.15) is 0 Å². The Morgan fingerprint density at radius 3 is 2.21 bits per heavy atom. The first-order valence-electron chi connectivity index (χ1n) is 3.80. The molecule has 14 heavy (non-hydrogen) atoms. The summed E-state index contributed by atoms with van der Waals surface area (Å²) in [4.78, 5) is -0.369. The van der Waals surface area contributed by atoms with Gasteiger partial charge in [-0.2, -0.15) is 8.42 Å². The van der Waals surface area contributed by atoms with E-state index in [1.165, 1.54) is 18.2 Å². The molecule has 0 saturated heterocycles. The lowest BCUT2D eigenvalue weighted by atomic mass is 10.1.